The van der Waals surface area contributed by atoms with Crippen LogP contribution in [0.5, 0.6) is 0 Å². The second-order valence-electron chi connectivity index (χ2n) is 7.90. The number of carbonyl (C=O) groups is 3. The minimum atomic E-state index is -0.578. The normalized spacial score (nSPS) is 16.8. The summed E-state index contributed by atoms with van der Waals surface area (Å²) in [4.78, 5) is 39.3. The molecule has 156 valence electrons. The van der Waals surface area contributed by atoms with Gasteiger partial charge < -0.3 is 25.4 Å². The summed E-state index contributed by atoms with van der Waals surface area (Å²) in [6.45, 7) is 6.59. The van der Waals surface area contributed by atoms with E-state index >= 15 is 0 Å². The highest BCUT2D eigenvalue weighted by molar-refractivity contribution is 6.17. The Balaban J connectivity index is 1.75. The van der Waals surface area contributed by atoms with Gasteiger partial charge in [0, 0.05) is 30.5 Å². The fourth-order valence-electron chi connectivity index (χ4n) is 3.13. The molecule has 0 bridgehead atoms. The Labute approximate surface area is 169 Å². The summed E-state index contributed by atoms with van der Waals surface area (Å²) in [5, 5.41) is 15.3. The number of aliphatic hydroxyl groups excluding tert-OH is 1. The van der Waals surface area contributed by atoms with E-state index in [4.69, 9.17) is 9.84 Å². The molecule has 1 aromatic rings. The lowest BCUT2D eigenvalue weighted by Gasteiger charge is -2.26. The molecule has 2 aliphatic heterocycles. The second kappa shape index (κ2) is 8.12. The molecule has 9 nitrogen and oxygen atoms in total. The maximum atomic E-state index is 12.5. The third kappa shape index (κ3) is 4.86. The molecule has 29 heavy (non-hydrogen) atoms. The van der Waals surface area contributed by atoms with Gasteiger partial charge >= 0.3 is 6.09 Å². The Bertz CT molecular complexity index is 859. The van der Waals surface area contributed by atoms with E-state index in [1.54, 1.807) is 11.0 Å². The number of anilines is 2. The van der Waals surface area contributed by atoms with Crippen LogP contribution in [0.25, 0.3) is 0 Å². The Hall–Kier alpha value is -3.07. The van der Waals surface area contributed by atoms with Gasteiger partial charge in [0.05, 0.1) is 19.7 Å². The van der Waals surface area contributed by atoms with Crippen molar-refractivity contribution in [2.24, 2.45) is 0 Å². The lowest BCUT2D eigenvalue weighted by Crippen LogP contribution is -2.37. The number of nitrogens with one attached hydrogen (secondary N) is 2. The summed E-state index contributed by atoms with van der Waals surface area (Å²) < 4.78 is 5.47. The zero-order valence-electron chi connectivity index (χ0n) is 16.8. The van der Waals surface area contributed by atoms with Crippen molar-refractivity contribution in [3.8, 4) is 0 Å². The van der Waals surface area contributed by atoms with E-state index < -0.39 is 17.4 Å². The first-order chi connectivity index (χ1) is 13.7. The number of benzene rings is 1. The van der Waals surface area contributed by atoms with Gasteiger partial charge in [0.2, 0.25) is 0 Å². The fraction of sp³-hybridized carbons (Fsp3) is 0.450. The van der Waals surface area contributed by atoms with Crippen molar-refractivity contribution in [3.63, 3.8) is 0 Å². The third-order valence-electron chi connectivity index (χ3n) is 4.43. The molecule has 0 radical (unpaired) electrons. The Morgan fingerprint density at radius 3 is 2.76 bits per heavy atom. The van der Waals surface area contributed by atoms with Crippen LogP contribution in [0.3, 0.4) is 0 Å². The Morgan fingerprint density at radius 1 is 1.31 bits per heavy atom. The quantitative estimate of drug-likeness (QED) is 0.655. The molecule has 3 rings (SSSR count). The van der Waals surface area contributed by atoms with Crippen LogP contribution >= 0.6 is 0 Å². The molecule has 9 heteroatoms. The average Bonchev–Trinajstić information content (AvgIpc) is 2.81. The highest BCUT2D eigenvalue weighted by Gasteiger charge is 2.31. The van der Waals surface area contributed by atoms with Crippen molar-refractivity contribution in [1.82, 2.24) is 9.80 Å². The summed E-state index contributed by atoms with van der Waals surface area (Å²) in [5.74, 6) is -0.938. The van der Waals surface area contributed by atoms with Crippen LogP contribution in [0.15, 0.2) is 30.0 Å². The van der Waals surface area contributed by atoms with E-state index in [1.165, 1.54) is 6.08 Å². The Kier molecular flexibility index (Phi) is 5.78. The van der Waals surface area contributed by atoms with Crippen molar-refractivity contribution in [2.45, 2.75) is 32.9 Å². The van der Waals surface area contributed by atoms with Gasteiger partial charge in [-0.2, -0.15) is 0 Å². The molecular formula is C20H26N4O5. The van der Waals surface area contributed by atoms with Crippen LogP contribution in [0.4, 0.5) is 16.2 Å². The van der Waals surface area contributed by atoms with Gasteiger partial charge in [-0.05, 0) is 44.5 Å². The smallest absolute Gasteiger partial charge is 0.410 e. The number of imide groups is 1. The monoisotopic (exact) mass is 402 g/mol. The molecule has 1 aromatic carbocycles. The number of fused-ring (bicyclic) bond motifs is 1. The van der Waals surface area contributed by atoms with Gasteiger partial charge in [0.1, 0.15) is 11.3 Å². The second-order valence-corrected chi connectivity index (χ2v) is 7.90. The predicted molar refractivity (Wildman–Crippen MR) is 107 cm³/mol. The Morgan fingerprint density at radius 2 is 2.07 bits per heavy atom. The molecular weight excluding hydrogens is 376 g/mol. The number of aliphatic hydroxyl groups is 1. The van der Waals surface area contributed by atoms with Crippen molar-refractivity contribution >= 4 is 29.3 Å². The summed E-state index contributed by atoms with van der Waals surface area (Å²) in [6.07, 6.45) is 0.832. The highest BCUT2D eigenvalue weighted by atomic mass is 16.6. The summed E-state index contributed by atoms with van der Waals surface area (Å²) in [5.41, 5.74) is 1.95. The standard InChI is InChI=1S/C20H26N4O5/c1-20(2,3)29-19(28)23-7-6-21-15-5-4-14(10-13(15)12-23)22-16-11-17(26)24(8-9-25)18(16)27/h4-5,10-11,21-22,25H,6-9,12H2,1-3H3. The molecule has 2 heterocycles. The zero-order chi connectivity index (χ0) is 21.2. The highest BCUT2D eigenvalue weighted by Crippen LogP contribution is 2.26. The topological polar surface area (TPSA) is 111 Å². The van der Waals surface area contributed by atoms with E-state index in [2.05, 4.69) is 10.6 Å². The van der Waals surface area contributed by atoms with Crippen LogP contribution in [-0.2, 0) is 20.9 Å². The lowest BCUT2D eigenvalue weighted by atomic mass is 10.1. The van der Waals surface area contributed by atoms with Gasteiger partial charge in [-0.3, -0.25) is 14.5 Å². The fourth-order valence-corrected chi connectivity index (χ4v) is 3.13. The van der Waals surface area contributed by atoms with Crippen molar-refractivity contribution in [3.05, 3.63) is 35.5 Å². The summed E-state index contributed by atoms with van der Waals surface area (Å²) >= 11 is 0. The molecule has 0 spiro atoms. The average molecular weight is 402 g/mol. The minimum absolute atomic E-state index is 0.0434. The van der Waals surface area contributed by atoms with E-state index in [0.29, 0.717) is 25.3 Å². The first kappa shape index (κ1) is 20.7. The lowest BCUT2D eigenvalue weighted by molar-refractivity contribution is -0.137. The van der Waals surface area contributed by atoms with Crippen molar-refractivity contribution < 1.29 is 24.2 Å². The van der Waals surface area contributed by atoms with Gasteiger partial charge in [0.15, 0.2) is 0 Å². The number of rotatable bonds is 4. The van der Waals surface area contributed by atoms with Gasteiger partial charge in [0.25, 0.3) is 11.8 Å². The van der Waals surface area contributed by atoms with Gasteiger partial charge in [-0.15, -0.1) is 0 Å². The van der Waals surface area contributed by atoms with Crippen LogP contribution < -0.4 is 10.6 Å². The van der Waals surface area contributed by atoms with Crippen molar-refractivity contribution in [2.75, 3.05) is 36.9 Å². The molecule has 0 aliphatic carbocycles. The molecule has 3 N–H and O–H groups in total. The molecule has 0 atom stereocenters. The predicted octanol–water partition coefficient (Wildman–Crippen LogP) is 1.51. The number of β-amino-alcohol motifs (C(OH)–C–C–N with tert-alkyl or cyclic N) is 1. The van der Waals surface area contributed by atoms with Crippen molar-refractivity contribution in [1.29, 1.82) is 0 Å². The SMILES string of the molecule is CC(C)(C)OC(=O)N1CCNc2ccc(NC3=CC(=O)N(CCO)C3=O)cc2C1. The van der Waals surface area contributed by atoms with E-state index in [1.807, 2.05) is 32.9 Å². The molecule has 0 unspecified atom stereocenters. The molecule has 0 saturated carbocycles. The van der Waals surface area contributed by atoms with Crippen LogP contribution in [0, 0.1) is 0 Å². The zero-order valence-corrected chi connectivity index (χ0v) is 16.8. The third-order valence-corrected chi connectivity index (χ3v) is 4.43. The van der Waals surface area contributed by atoms with Crippen LogP contribution in [0.1, 0.15) is 26.3 Å². The number of nitrogens with zero attached hydrogens (tertiary/aromatic N) is 2. The van der Waals surface area contributed by atoms with Gasteiger partial charge in [-0.25, -0.2) is 4.79 Å². The number of hydrogen-bond acceptors (Lipinski definition) is 7. The first-order valence-corrected chi connectivity index (χ1v) is 9.48. The van der Waals surface area contributed by atoms with Crippen LogP contribution in [0.2, 0.25) is 0 Å². The molecule has 0 aromatic heterocycles. The number of ether oxygens (including phenoxy) is 1. The molecule has 2 aliphatic rings. The number of hydrogen-bond donors (Lipinski definition) is 3. The maximum Gasteiger partial charge on any atom is 0.410 e. The largest absolute Gasteiger partial charge is 0.444 e. The molecule has 3 amide bonds. The maximum absolute atomic E-state index is 12.5. The van der Waals surface area contributed by atoms with Crippen LogP contribution in [-0.4, -0.2) is 64.7 Å². The minimum Gasteiger partial charge on any atom is -0.444 e. The van der Waals surface area contributed by atoms with E-state index in [-0.39, 0.29) is 24.9 Å². The first-order valence-electron chi connectivity index (χ1n) is 9.48. The molecule has 0 saturated heterocycles. The molecule has 0 fully saturated rings. The van der Waals surface area contributed by atoms with E-state index in [0.717, 1.165) is 16.2 Å². The summed E-state index contributed by atoms with van der Waals surface area (Å²) in [6, 6.07) is 5.49. The summed E-state index contributed by atoms with van der Waals surface area (Å²) in [7, 11) is 0. The van der Waals surface area contributed by atoms with Gasteiger partial charge in [-0.1, -0.05) is 0 Å². The number of carbonyl (C=O) groups excluding carboxylic acids is 3. The number of amides is 3. The van der Waals surface area contributed by atoms with E-state index in [9.17, 15) is 14.4 Å².